The Balaban J connectivity index is 1.53. The van der Waals surface area contributed by atoms with Crippen LogP contribution < -0.4 is 5.32 Å². The Morgan fingerprint density at radius 2 is 1.47 bits per heavy atom. The van der Waals surface area contributed by atoms with Crippen LogP contribution in [0.15, 0.2) is 0 Å². The first kappa shape index (κ1) is 15.4. The van der Waals surface area contributed by atoms with Gasteiger partial charge in [0, 0.05) is 6.04 Å². The van der Waals surface area contributed by atoms with Gasteiger partial charge in [-0.15, -0.1) is 0 Å². The Kier molecular flexibility index (Phi) is 6.70. The lowest BCUT2D eigenvalue weighted by atomic mass is 9.90. The van der Waals surface area contributed by atoms with Crippen molar-refractivity contribution in [3.63, 3.8) is 0 Å². The SMILES string of the molecule is CCCCCCCCCC(NCC)C1CC2CC2C1. The lowest BCUT2D eigenvalue weighted by Gasteiger charge is -2.25. The van der Waals surface area contributed by atoms with E-state index < -0.39 is 0 Å². The van der Waals surface area contributed by atoms with Crippen LogP contribution in [0.3, 0.4) is 0 Å². The van der Waals surface area contributed by atoms with E-state index in [9.17, 15) is 0 Å². The molecule has 0 aromatic carbocycles. The lowest BCUT2D eigenvalue weighted by molar-refractivity contribution is 0.314. The average Bonchev–Trinajstić information content (AvgIpc) is 3.03. The lowest BCUT2D eigenvalue weighted by Crippen LogP contribution is -2.35. The van der Waals surface area contributed by atoms with Crippen molar-refractivity contribution in [3.05, 3.63) is 0 Å². The third-order valence-corrected chi connectivity index (χ3v) is 5.43. The number of hydrogen-bond acceptors (Lipinski definition) is 1. The van der Waals surface area contributed by atoms with Crippen LogP contribution >= 0.6 is 0 Å². The topological polar surface area (TPSA) is 12.0 Å². The normalized spacial score (nSPS) is 30.3. The average molecular weight is 265 g/mol. The quantitative estimate of drug-likeness (QED) is 0.509. The minimum atomic E-state index is 0.841. The zero-order valence-electron chi connectivity index (χ0n) is 13.3. The van der Waals surface area contributed by atoms with E-state index in [-0.39, 0.29) is 0 Å². The summed E-state index contributed by atoms with van der Waals surface area (Å²) < 4.78 is 0. The summed E-state index contributed by atoms with van der Waals surface area (Å²) in [5.74, 6) is 3.30. The van der Waals surface area contributed by atoms with Gasteiger partial charge in [0.15, 0.2) is 0 Å². The van der Waals surface area contributed by atoms with Gasteiger partial charge in [-0.25, -0.2) is 0 Å². The summed E-state index contributed by atoms with van der Waals surface area (Å²) in [6.07, 6.45) is 16.2. The molecule has 0 aromatic rings. The zero-order chi connectivity index (χ0) is 13.5. The summed E-state index contributed by atoms with van der Waals surface area (Å²) in [5, 5.41) is 3.78. The molecule has 0 radical (unpaired) electrons. The molecule has 2 rings (SSSR count). The summed E-state index contributed by atoms with van der Waals surface area (Å²) in [6.45, 7) is 5.73. The monoisotopic (exact) mass is 265 g/mol. The third kappa shape index (κ3) is 5.10. The minimum Gasteiger partial charge on any atom is -0.314 e. The second kappa shape index (κ2) is 8.29. The Hall–Kier alpha value is -0.0400. The maximum atomic E-state index is 3.78. The standard InChI is InChI=1S/C18H35N/c1-3-5-6-7-8-9-10-11-18(19-4-2)17-13-15-12-16(15)14-17/h15-19H,3-14H2,1-2H3. The predicted molar refractivity (Wildman–Crippen MR) is 84.4 cm³/mol. The molecule has 0 aliphatic heterocycles. The van der Waals surface area contributed by atoms with E-state index in [1.165, 1.54) is 51.4 Å². The van der Waals surface area contributed by atoms with Gasteiger partial charge in [0.2, 0.25) is 0 Å². The molecule has 0 aromatic heterocycles. The highest BCUT2D eigenvalue weighted by Crippen LogP contribution is 2.55. The van der Waals surface area contributed by atoms with E-state index >= 15 is 0 Å². The molecule has 0 heterocycles. The molecule has 112 valence electrons. The van der Waals surface area contributed by atoms with Crippen LogP contribution in [0, 0.1) is 17.8 Å². The van der Waals surface area contributed by atoms with E-state index in [1.54, 1.807) is 19.3 Å². The van der Waals surface area contributed by atoms with Crippen LogP contribution in [0.2, 0.25) is 0 Å². The summed E-state index contributed by atoms with van der Waals surface area (Å²) in [6, 6.07) is 0.841. The van der Waals surface area contributed by atoms with E-state index in [0.717, 1.165) is 30.3 Å². The van der Waals surface area contributed by atoms with Gasteiger partial charge >= 0.3 is 0 Å². The zero-order valence-corrected chi connectivity index (χ0v) is 13.3. The maximum Gasteiger partial charge on any atom is 0.00954 e. The highest BCUT2D eigenvalue weighted by Gasteiger charge is 2.47. The van der Waals surface area contributed by atoms with E-state index in [0.29, 0.717) is 0 Å². The van der Waals surface area contributed by atoms with Gasteiger partial charge in [0.05, 0.1) is 0 Å². The molecule has 2 fully saturated rings. The number of unbranched alkanes of at least 4 members (excludes halogenated alkanes) is 6. The van der Waals surface area contributed by atoms with Crippen LogP contribution in [0.25, 0.3) is 0 Å². The molecular formula is C18H35N. The molecule has 0 bridgehead atoms. The molecule has 3 unspecified atom stereocenters. The second-order valence-corrected chi connectivity index (χ2v) is 7.06. The second-order valence-electron chi connectivity index (χ2n) is 7.06. The molecule has 1 heteroatoms. The van der Waals surface area contributed by atoms with Crippen LogP contribution in [-0.4, -0.2) is 12.6 Å². The summed E-state index contributed by atoms with van der Waals surface area (Å²) in [7, 11) is 0. The molecular weight excluding hydrogens is 230 g/mol. The van der Waals surface area contributed by atoms with Crippen molar-refractivity contribution in [1.82, 2.24) is 5.32 Å². The first-order chi connectivity index (χ1) is 9.35. The summed E-state index contributed by atoms with van der Waals surface area (Å²) in [5.41, 5.74) is 0. The summed E-state index contributed by atoms with van der Waals surface area (Å²) in [4.78, 5) is 0. The Morgan fingerprint density at radius 1 is 0.842 bits per heavy atom. The Bertz CT molecular complexity index is 228. The van der Waals surface area contributed by atoms with Gasteiger partial charge in [0.25, 0.3) is 0 Å². The van der Waals surface area contributed by atoms with Crippen molar-refractivity contribution in [3.8, 4) is 0 Å². The third-order valence-electron chi connectivity index (χ3n) is 5.43. The fourth-order valence-electron chi connectivity index (χ4n) is 4.18. The molecule has 2 aliphatic carbocycles. The largest absolute Gasteiger partial charge is 0.314 e. The Morgan fingerprint density at radius 3 is 2.11 bits per heavy atom. The van der Waals surface area contributed by atoms with Gasteiger partial charge in [-0.1, -0.05) is 58.8 Å². The van der Waals surface area contributed by atoms with Crippen molar-refractivity contribution in [1.29, 1.82) is 0 Å². The van der Waals surface area contributed by atoms with E-state index in [1.807, 2.05) is 0 Å². The molecule has 1 N–H and O–H groups in total. The molecule has 3 atom stereocenters. The van der Waals surface area contributed by atoms with Crippen LogP contribution in [0.1, 0.15) is 84.5 Å². The van der Waals surface area contributed by atoms with Crippen molar-refractivity contribution in [2.24, 2.45) is 17.8 Å². The molecule has 2 saturated carbocycles. The number of fused-ring (bicyclic) bond motifs is 1. The summed E-state index contributed by atoms with van der Waals surface area (Å²) >= 11 is 0. The Labute approximate surface area is 120 Å². The van der Waals surface area contributed by atoms with Crippen LogP contribution in [-0.2, 0) is 0 Å². The van der Waals surface area contributed by atoms with Crippen LogP contribution in [0.4, 0.5) is 0 Å². The highest BCUT2D eigenvalue weighted by molar-refractivity contribution is 4.99. The number of nitrogens with one attached hydrogen (secondary N) is 1. The molecule has 0 spiro atoms. The van der Waals surface area contributed by atoms with Crippen molar-refractivity contribution < 1.29 is 0 Å². The molecule has 2 aliphatic rings. The smallest absolute Gasteiger partial charge is 0.00954 e. The molecule has 0 amide bonds. The first-order valence-corrected chi connectivity index (χ1v) is 9.08. The predicted octanol–water partition coefficient (Wildman–Crippen LogP) is 5.15. The minimum absolute atomic E-state index is 0.841. The van der Waals surface area contributed by atoms with Gasteiger partial charge in [0.1, 0.15) is 0 Å². The van der Waals surface area contributed by atoms with Gasteiger partial charge in [-0.05, 0) is 50.0 Å². The maximum absolute atomic E-state index is 3.78. The molecule has 19 heavy (non-hydrogen) atoms. The van der Waals surface area contributed by atoms with E-state index in [2.05, 4.69) is 19.2 Å². The van der Waals surface area contributed by atoms with E-state index in [4.69, 9.17) is 0 Å². The van der Waals surface area contributed by atoms with Crippen molar-refractivity contribution >= 4 is 0 Å². The highest BCUT2D eigenvalue weighted by atomic mass is 14.9. The first-order valence-electron chi connectivity index (χ1n) is 9.08. The van der Waals surface area contributed by atoms with Crippen molar-refractivity contribution in [2.45, 2.75) is 90.5 Å². The van der Waals surface area contributed by atoms with Gasteiger partial charge < -0.3 is 5.32 Å². The van der Waals surface area contributed by atoms with Gasteiger partial charge in [-0.3, -0.25) is 0 Å². The number of rotatable bonds is 11. The van der Waals surface area contributed by atoms with Gasteiger partial charge in [-0.2, -0.15) is 0 Å². The molecule has 0 saturated heterocycles. The van der Waals surface area contributed by atoms with Crippen LogP contribution in [0.5, 0.6) is 0 Å². The fraction of sp³-hybridized carbons (Fsp3) is 1.00. The molecule has 1 nitrogen and oxygen atoms in total. The number of hydrogen-bond donors (Lipinski definition) is 1. The van der Waals surface area contributed by atoms with Crippen molar-refractivity contribution in [2.75, 3.05) is 6.54 Å². The fourth-order valence-corrected chi connectivity index (χ4v) is 4.18.